The fourth-order valence-electron chi connectivity index (χ4n) is 1.71. The molecular weight excluding hydrogens is 204 g/mol. The minimum absolute atomic E-state index is 0. The summed E-state index contributed by atoms with van der Waals surface area (Å²) in [4.78, 5) is 13.5. The van der Waals surface area contributed by atoms with E-state index in [1.165, 1.54) is 0 Å². The number of carbonyl (C=O) groups excluding carboxylic acids is 1. The Morgan fingerprint density at radius 3 is 2.50 bits per heavy atom. The van der Waals surface area contributed by atoms with Crippen molar-refractivity contribution in [1.29, 1.82) is 0 Å². The number of hydrogen-bond donors (Lipinski definition) is 1. The molecule has 2 aliphatic rings. The molecule has 0 aromatic rings. The first-order valence-corrected chi connectivity index (χ1v) is 4.93. The predicted molar refractivity (Wildman–Crippen MR) is 55.4 cm³/mol. The quantitative estimate of drug-likeness (QED) is 0.685. The number of nitrogens with zero attached hydrogens (tertiary/aromatic N) is 1. The van der Waals surface area contributed by atoms with E-state index in [0.717, 1.165) is 32.4 Å². The van der Waals surface area contributed by atoms with Gasteiger partial charge in [-0.3, -0.25) is 4.79 Å². The van der Waals surface area contributed by atoms with Crippen LogP contribution >= 0.6 is 12.4 Å². The van der Waals surface area contributed by atoms with Crippen molar-refractivity contribution < 1.29 is 9.53 Å². The summed E-state index contributed by atoms with van der Waals surface area (Å²) in [6.45, 7) is 2.35. The number of amides is 1. The van der Waals surface area contributed by atoms with Crippen molar-refractivity contribution in [2.45, 2.75) is 31.4 Å². The summed E-state index contributed by atoms with van der Waals surface area (Å²) < 4.78 is 5.39. The number of nitrogens with two attached hydrogens (primary N) is 1. The molecule has 2 atom stereocenters. The summed E-state index contributed by atoms with van der Waals surface area (Å²) in [5.74, 6) is 0.165. The molecule has 0 aromatic carbocycles. The fourth-order valence-corrected chi connectivity index (χ4v) is 1.71. The molecule has 14 heavy (non-hydrogen) atoms. The first-order chi connectivity index (χ1) is 6.27. The van der Waals surface area contributed by atoms with Crippen molar-refractivity contribution >= 4 is 18.3 Å². The molecule has 2 N–H and O–H groups in total. The lowest BCUT2D eigenvalue weighted by Gasteiger charge is -2.36. The largest absolute Gasteiger partial charge is 0.367 e. The Hall–Kier alpha value is -0.320. The third kappa shape index (κ3) is 2.38. The zero-order valence-corrected chi connectivity index (χ0v) is 8.96. The molecule has 0 bridgehead atoms. The van der Waals surface area contributed by atoms with Gasteiger partial charge in [0.05, 0.1) is 6.61 Å². The minimum atomic E-state index is -0.208. The highest BCUT2D eigenvalue weighted by Crippen LogP contribution is 2.17. The molecule has 2 saturated heterocycles. The van der Waals surface area contributed by atoms with Gasteiger partial charge in [0.15, 0.2) is 0 Å². The van der Waals surface area contributed by atoms with E-state index in [4.69, 9.17) is 10.5 Å². The predicted octanol–water partition coefficient (Wildman–Crippen LogP) is 0.147. The number of halogens is 1. The molecule has 0 aromatic heterocycles. The summed E-state index contributed by atoms with van der Waals surface area (Å²) in [6.07, 6.45) is 2.62. The number of carbonyl (C=O) groups is 1. The summed E-state index contributed by atoms with van der Waals surface area (Å²) in [5, 5.41) is 0. The van der Waals surface area contributed by atoms with Crippen LogP contribution in [0.5, 0.6) is 0 Å². The van der Waals surface area contributed by atoms with Crippen LogP contribution in [0, 0.1) is 0 Å². The Morgan fingerprint density at radius 2 is 2.07 bits per heavy atom. The topological polar surface area (TPSA) is 55.6 Å². The number of likely N-dealkylation sites (tertiary alicyclic amines) is 1. The van der Waals surface area contributed by atoms with Crippen molar-refractivity contribution in [3.63, 3.8) is 0 Å². The molecule has 0 radical (unpaired) electrons. The van der Waals surface area contributed by atoms with E-state index in [9.17, 15) is 4.79 Å². The molecule has 0 saturated carbocycles. The highest BCUT2D eigenvalue weighted by Gasteiger charge is 2.31. The SMILES string of the molecule is Cl.N[C@@H]1CC[C@@H](C(=O)N2CCC2)OC1. The van der Waals surface area contributed by atoms with E-state index in [-0.39, 0.29) is 30.5 Å². The van der Waals surface area contributed by atoms with Crippen LogP contribution in [-0.2, 0) is 9.53 Å². The maximum Gasteiger partial charge on any atom is 0.251 e. The van der Waals surface area contributed by atoms with Crippen molar-refractivity contribution in [1.82, 2.24) is 4.90 Å². The Morgan fingerprint density at radius 1 is 1.36 bits per heavy atom. The average molecular weight is 221 g/mol. The van der Waals surface area contributed by atoms with Crippen molar-refractivity contribution in [2.24, 2.45) is 5.73 Å². The molecule has 2 rings (SSSR count). The van der Waals surface area contributed by atoms with Gasteiger partial charge in [0, 0.05) is 19.1 Å². The molecular formula is C9H17ClN2O2. The van der Waals surface area contributed by atoms with Crippen LogP contribution < -0.4 is 5.73 Å². The van der Waals surface area contributed by atoms with Crippen molar-refractivity contribution in [3.8, 4) is 0 Å². The van der Waals surface area contributed by atoms with Gasteiger partial charge in [-0.2, -0.15) is 0 Å². The first-order valence-electron chi connectivity index (χ1n) is 4.93. The Kier molecular flexibility index (Phi) is 4.16. The van der Waals surface area contributed by atoms with Gasteiger partial charge in [-0.25, -0.2) is 0 Å². The van der Waals surface area contributed by atoms with Crippen LogP contribution in [0.3, 0.4) is 0 Å². The maximum atomic E-state index is 11.6. The molecule has 2 aliphatic heterocycles. The Balaban J connectivity index is 0.000000980. The Labute approximate surface area is 90.2 Å². The number of ether oxygens (including phenoxy) is 1. The van der Waals surface area contributed by atoms with E-state index in [2.05, 4.69) is 0 Å². The van der Waals surface area contributed by atoms with Crippen molar-refractivity contribution in [3.05, 3.63) is 0 Å². The molecule has 4 nitrogen and oxygen atoms in total. The van der Waals surface area contributed by atoms with Crippen LogP contribution in [0.25, 0.3) is 0 Å². The van der Waals surface area contributed by atoms with Crippen molar-refractivity contribution in [2.75, 3.05) is 19.7 Å². The number of hydrogen-bond acceptors (Lipinski definition) is 3. The van der Waals surface area contributed by atoms with E-state index in [0.29, 0.717) is 6.61 Å². The second kappa shape index (κ2) is 4.96. The fraction of sp³-hybridized carbons (Fsp3) is 0.889. The molecule has 0 aliphatic carbocycles. The summed E-state index contributed by atoms with van der Waals surface area (Å²) >= 11 is 0. The summed E-state index contributed by atoms with van der Waals surface area (Å²) in [6, 6.07) is 0.125. The lowest BCUT2D eigenvalue weighted by Crippen LogP contribution is -2.50. The molecule has 2 fully saturated rings. The normalized spacial score (nSPS) is 31.6. The third-order valence-electron chi connectivity index (χ3n) is 2.75. The lowest BCUT2D eigenvalue weighted by atomic mass is 10.0. The van der Waals surface area contributed by atoms with Crippen LogP contribution in [0.15, 0.2) is 0 Å². The maximum absolute atomic E-state index is 11.6. The highest BCUT2D eigenvalue weighted by molar-refractivity contribution is 5.85. The van der Waals surface area contributed by atoms with E-state index in [1.54, 1.807) is 0 Å². The van der Waals surface area contributed by atoms with Crippen LogP contribution in [0.1, 0.15) is 19.3 Å². The van der Waals surface area contributed by atoms with E-state index >= 15 is 0 Å². The second-order valence-electron chi connectivity index (χ2n) is 3.84. The standard InChI is InChI=1S/C9H16N2O2.ClH/c10-7-2-3-8(13-6-7)9(12)11-4-1-5-11;/h7-8H,1-6,10H2;1H/t7-,8+;/m1./s1. The van der Waals surface area contributed by atoms with Gasteiger partial charge >= 0.3 is 0 Å². The first kappa shape index (κ1) is 11.8. The smallest absolute Gasteiger partial charge is 0.251 e. The molecule has 0 unspecified atom stereocenters. The summed E-state index contributed by atoms with van der Waals surface area (Å²) in [5.41, 5.74) is 5.67. The van der Waals surface area contributed by atoms with Gasteiger partial charge in [-0.1, -0.05) is 0 Å². The van der Waals surface area contributed by atoms with Crippen LogP contribution in [0.2, 0.25) is 0 Å². The van der Waals surface area contributed by atoms with Gasteiger partial charge < -0.3 is 15.4 Å². The molecule has 82 valence electrons. The molecule has 1 amide bonds. The number of rotatable bonds is 1. The van der Waals surface area contributed by atoms with Gasteiger partial charge in [-0.15, -0.1) is 12.4 Å². The molecule has 2 heterocycles. The average Bonchev–Trinajstić information content (AvgIpc) is 2.02. The highest BCUT2D eigenvalue weighted by atomic mass is 35.5. The molecule has 5 heteroatoms. The summed E-state index contributed by atoms with van der Waals surface area (Å²) in [7, 11) is 0. The van der Waals surface area contributed by atoms with E-state index < -0.39 is 0 Å². The lowest BCUT2D eigenvalue weighted by molar-refractivity contribution is -0.150. The zero-order chi connectivity index (χ0) is 9.26. The monoisotopic (exact) mass is 220 g/mol. The van der Waals surface area contributed by atoms with E-state index in [1.807, 2.05) is 4.90 Å². The van der Waals surface area contributed by atoms with Crippen LogP contribution in [0.4, 0.5) is 0 Å². The Bertz CT molecular complexity index is 201. The van der Waals surface area contributed by atoms with Gasteiger partial charge in [0.2, 0.25) is 0 Å². The van der Waals surface area contributed by atoms with Gasteiger partial charge in [0.1, 0.15) is 6.10 Å². The van der Waals surface area contributed by atoms with Gasteiger partial charge in [0.25, 0.3) is 5.91 Å². The van der Waals surface area contributed by atoms with Crippen LogP contribution in [-0.4, -0.2) is 42.6 Å². The third-order valence-corrected chi connectivity index (χ3v) is 2.75. The second-order valence-corrected chi connectivity index (χ2v) is 3.84. The zero-order valence-electron chi connectivity index (χ0n) is 8.15. The molecule has 0 spiro atoms. The minimum Gasteiger partial charge on any atom is -0.367 e. The van der Waals surface area contributed by atoms with Gasteiger partial charge in [-0.05, 0) is 19.3 Å².